The highest BCUT2D eigenvalue weighted by atomic mass is 35.5. The average molecular weight is 279 g/mol. The maximum atomic E-state index is 11.7. The highest BCUT2D eigenvalue weighted by molar-refractivity contribution is 6.34. The molecule has 0 fully saturated rings. The van der Waals surface area contributed by atoms with E-state index < -0.39 is 5.97 Å². The number of carbonyl (C=O) groups excluding carboxylic acids is 1. The summed E-state index contributed by atoms with van der Waals surface area (Å²) < 4.78 is 10.1. The van der Waals surface area contributed by atoms with Gasteiger partial charge in [-0.1, -0.05) is 11.6 Å². The van der Waals surface area contributed by atoms with E-state index in [0.717, 1.165) is 16.5 Å². The summed E-state index contributed by atoms with van der Waals surface area (Å²) in [5, 5.41) is 1.12. The van der Waals surface area contributed by atoms with Crippen LogP contribution in [-0.2, 0) is 22.7 Å². The molecular weight excluding hydrogens is 268 g/mol. The normalized spacial score (nSPS) is 13.6. The number of anilines is 1. The van der Waals surface area contributed by atoms with Gasteiger partial charge in [-0.3, -0.25) is 0 Å². The second-order valence-corrected chi connectivity index (χ2v) is 4.69. The molecule has 0 radical (unpaired) electrons. The Labute approximate surface area is 114 Å². The first-order valence-corrected chi connectivity index (χ1v) is 6.06. The van der Waals surface area contributed by atoms with Crippen molar-refractivity contribution >= 4 is 34.3 Å². The van der Waals surface area contributed by atoms with Gasteiger partial charge in [-0.15, -0.1) is 0 Å². The van der Waals surface area contributed by atoms with Crippen molar-refractivity contribution in [1.29, 1.82) is 0 Å². The van der Waals surface area contributed by atoms with E-state index in [4.69, 9.17) is 26.8 Å². The number of halogens is 1. The Bertz CT molecular complexity index is 700. The van der Waals surface area contributed by atoms with Crippen LogP contribution in [0.15, 0.2) is 12.1 Å². The number of nitrogen functional groups attached to an aromatic ring is 1. The third-order valence-electron chi connectivity index (χ3n) is 3.22. The number of hydrogen-bond donors (Lipinski definition) is 1. The topological polar surface area (TPSA) is 74.4 Å². The number of hydrogen-bond acceptors (Lipinski definition) is 5. The molecule has 19 heavy (non-hydrogen) atoms. The van der Waals surface area contributed by atoms with Crippen molar-refractivity contribution in [1.82, 2.24) is 4.98 Å². The van der Waals surface area contributed by atoms with Crippen molar-refractivity contribution in [2.45, 2.75) is 13.2 Å². The molecule has 0 amide bonds. The molecule has 3 rings (SSSR count). The number of methoxy groups -OCH3 is 1. The molecular formula is C13H11ClN2O3. The fraction of sp³-hybridized carbons (Fsp3) is 0.231. The standard InChI is InChI=1S/C13H11ClN2O3/c1-18-13(17)7-2-6-8-4-19-5-9(8)12(15)16-11(6)3-10(7)14/h2-3H,4-5H2,1H3,(H2,15,16). The van der Waals surface area contributed by atoms with Gasteiger partial charge in [0.05, 0.1) is 36.4 Å². The van der Waals surface area contributed by atoms with Crippen LogP contribution < -0.4 is 5.73 Å². The minimum absolute atomic E-state index is 0.296. The molecule has 6 heteroatoms. The third-order valence-corrected chi connectivity index (χ3v) is 3.54. The van der Waals surface area contributed by atoms with Crippen LogP contribution in [0.25, 0.3) is 10.9 Å². The quantitative estimate of drug-likeness (QED) is 0.810. The van der Waals surface area contributed by atoms with Gasteiger partial charge in [-0.2, -0.15) is 0 Å². The summed E-state index contributed by atoms with van der Waals surface area (Å²) in [6.45, 7) is 0.904. The first-order valence-electron chi connectivity index (χ1n) is 5.68. The molecule has 0 spiro atoms. The van der Waals surface area contributed by atoms with E-state index in [9.17, 15) is 4.79 Å². The Balaban J connectivity index is 2.33. The van der Waals surface area contributed by atoms with E-state index in [1.165, 1.54) is 7.11 Å². The summed E-state index contributed by atoms with van der Waals surface area (Å²) in [5.74, 6) is -0.0294. The molecule has 1 aromatic carbocycles. The first kappa shape index (κ1) is 12.2. The Morgan fingerprint density at radius 2 is 2.16 bits per heavy atom. The molecule has 0 atom stereocenters. The van der Waals surface area contributed by atoms with Crippen LogP contribution in [0.4, 0.5) is 5.82 Å². The molecule has 1 aliphatic rings. The fourth-order valence-corrected chi connectivity index (χ4v) is 2.49. The Morgan fingerprint density at radius 3 is 2.89 bits per heavy atom. The van der Waals surface area contributed by atoms with Gasteiger partial charge in [-0.05, 0) is 17.7 Å². The number of benzene rings is 1. The van der Waals surface area contributed by atoms with Crippen molar-refractivity contribution in [3.05, 3.63) is 33.8 Å². The number of carbonyl (C=O) groups is 1. The summed E-state index contributed by atoms with van der Waals surface area (Å²) in [6, 6.07) is 3.31. The highest BCUT2D eigenvalue weighted by Gasteiger charge is 2.21. The van der Waals surface area contributed by atoms with Gasteiger partial charge >= 0.3 is 5.97 Å². The number of esters is 1. The van der Waals surface area contributed by atoms with Crippen molar-refractivity contribution in [2.24, 2.45) is 0 Å². The third kappa shape index (κ3) is 1.82. The van der Waals surface area contributed by atoms with Crippen LogP contribution in [0, 0.1) is 0 Å². The molecule has 5 nitrogen and oxygen atoms in total. The molecule has 1 aliphatic heterocycles. The van der Waals surface area contributed by atoms with Gasteiger partial charge in [0, 0.05) is 10.9 Å². The summed E-state index contributed by atoms with van der Waals surface area (Å²) in [6.07, 6.45) is 0. The molecule has 2 aromatic rings. The zero-order valence-corrected chi connectivity index (χ0v) is 11.0. The van der Waals surface area contributed by atoms with Gasteiger partial charge < -0.3 is 15.2 Å². The van der Waals surface area contributed by atoms with Crippen molar-refractivity contribution in [3.8, 4) is 0 Å². The maximum absolute atomic E-state index is 11.7. The molecule has 0 unspecified atom stereocenters. The Hall–Kier alpha value is -1.85. The molecule has 0 saturated heterocycles. The van der Waals surface area contributed by atoms with Crippen LogP contribution in [0.2, 0.25) is 5.02 Å². The second kappa shape index (κ2) is 4.36. The molecule has 2 N–H and O–H groups in total. The number of ether oxygens (including phenoxy) is 2. The van der Waals surface area contributed by atoms with Crippen molar-refractivity contribution in [3.63, 3.8) is 0 Å². The monoisotopic (exact) mass is 278 g/mol. The van der Waals surface area contributed by atoms with E-state index in [2.05, 4.69) is 4.98 Å². The van der Waals surface area contributed by atoms with E-state index in [1.54, 1.807) is 12.1 Å². The minimum atomic E-state index is -0.476. The van der Waals surface area contributed by atoms with Crippen LogP contribution in [-0.4, -0.2) is 18.1 Å². The lowest BCUT2D eigenvalue weighted by Gasteiger charge is -2.09. The number of fused-ring (bicyclic) bond motifs is 3. The van der Waals surface area contributed by atoms with Crippen molar-refractivity contribution in [2.75, 3.05) is 12.8 Å². The van der Waals surface area contributed by atoms with Crippen LogP contribution in [0.1, 0.15) is 21.5 Å². The largest absolute Gasteiger partial charge is 0.465 e. The average Bonchev–Trinajstić information content (AvgIpc) is 2.87. The predicted octanol–water partition coefficient (Wildman–Crippen LogP) is 2.29. The number of nitrogens with zero attached hydrogens (tertiary/aromatic N) is 1. The van der Waals surface area contributed by atoms with Gasteiger partial charge in [-0.25, -0.2) is 9.78 Å². The lowest BCUT2D eigenvalue weighted by atomic mass is 10.0. The number of nitrogens with two attached hydrogens (primary N) is 1. The Kier molecular flexibility index (Phi) is 2.80. The van der Waals surface area contributed by atoms with Crippen LogP contribution >= 0.6 is 11.6 Å². The summed E-state index contributed by atoms with van der Waals surface area (Å²) >= 11 is 6.07. The predicted molar refractivity (Wildman–Crippen MR) is 71.0 cm³/mol. The summed E-state index contributed by atoms with van der Waals surface area (Å²) in [7, 11) is 1.32. The van der Waals surface area contributed by atoms with Gasteiger partial charge in [0.1, 0.15) is 5.82 Å². The number of pyridine rings is 1. The maximum Gasteiger partial charge on any atom is 0.339 e. The molecule has 0 saturated carbocycles. The first-order chi connectivity index (χ1) is 9.11. The zero-order valence-electron chi connectivity index (χ0n) is 10.2. The smallest absolute Gasteiger partial charge is 0.339 e. The molecule has 98 valence electrons. The minimum Gasteiger partial charge on any atom is -0.465 e. The van der Waals surface area contributed by atoms with Gasteiger partial charge in [0.25, 0.3) is 0 Å². The molecule has 1 aromatic heterocycles. The zero-order chi connectivity index (χ0) is 13.6. The SMILES string of the molecule is COC(=O)c1cc2c3c(c(N)nc2cc1Cl)COC3. The molecule has 2 heterocycles. The van der Waals surface area contributed by atoms with E-state index in [0.29, 0.717) is 35.1 Å². The van der Waals surface area contributed by atoms with Gasteiger partial charge in [0.15, 0.2) is 0 Å². The Morgan fingerprint density at radius 1 is 1.42 bits per heavy atom. The van der Waals surface area contributed by atoms with E-state index in [1.807, 2.05) is 0 Å². The summed E-state index contributed by atoms with van der Waals surface area (Å²) in [5.41, 5.74) is 8.70. The number of aromatic nitrogens is 1. The lowest BCUT2D eigenvalue weighted by molar-refractivity contribution is 0.0601. The summed E-state index contributed by atoms with van der Waals surface area (Å²) in [4.78, 5) is 16.0. The second-order valence-electron chi connectivity index (χ2n) is 4.29. The van der Waals surface area contributed by atoms with E-state index in [-0.39, 0.29) is 0 Å². The van der Waals surface area contributed by atoms with Crippen molar-refractivity contribution < 1.29 is 14.3 Å². The fourth-order valence-electron chi connectivity index (χ4n) is 2.26. The lowest BCUT2D eigenvalue weighted by Crippen LogP contribution is -2.04. The van der Waals surface area contributed by atoms with E-state index >= 15 is 0 Å². The van der Waals surface area contributed by atoms with Crippen LogP contribution in [0.3, 0.4) is 0 Å². The highest BCUT2D eigenvalue weighted by Crippen LogP contribution is 2.33. The van der Waals surface area contributed by atoms with Gasteiger partial charge in [0.2, 0.25) is 0 Å². The van der Waals surface area contributed by atoms with Crippen LogP contribution in [0.5, 0.6) is 0 Å². The number of rotatable bonds is 1. The molecule has 0 bridgehead atoms. The molecule has 0 aliphatic carbocycles.